The highest BCUT2D eigenvalue weighted by atomic mass is 35.5. The van der Waals surface area contributed by atoms with E-state index in [0.717, 1.165) is 60.1 Å². The average molecular weight is 812 g/mol. The van der Waals surface area contributed by atoms with Gasteiger partial charge in [-0.2, -0.15) is 0 Å². The first-order chi connectivity index (χ1) is 27.9. The largest absolute Gasteiger partial charge is 0.493 e. The Bertz CT molecular complexity index is 1670. The van der Waals surface area contributed by atoms with Gasteiger partial charge in [0.1, 0.15) is 23.0 Å². The number of rotatable bonds is 20. The van der Waals surface area contributed by atoms with Gasteiger partial charge in [0.25, 0.3) is 0 Å². The molecule has 0 saturated heterocycles. The molecule has 2 fully saturated rings. The summed E-state index contributed by atoms with van der Waals surface area (Å²) >= 11 is 14.6. The van der Waals surface area contributed by atoms with Crippen molar-refractivity contribution in [2.24, 2.45) is 11.8 Å². The fourth-order valence-electron chi connectivity index (χ4n) is 9.30. The Hall–Kier alpha value is -3.14. The van der Waals surface area contributed by atoms with Crippen LogP contribution in [0.3, 0.4) is 0 Å². The van der Waals surface area contributed by atoms with Crippen LogP contribution >= 0.6 is 23.2 Å². The summed E-state index contributed by atoms with van der Waals surface area (Å²) < 4.78 is 19.3. The van der Waals surface area contributed by atoms with Crippen molar-refractivity contribution in [1.29, 1.82) is 0 Å². The highest BCUT2D eigenvalue weighted by Crippen LogP contribution is 2.44. The summed E-state index contributed by atoms with van der Waals surface area (Å²) in [4.78, 5) is 0. The molecule has 0 atom stereocenters. The molecule has 0 bridgehead atoms. The number of hydrogen-bond acceptors (Lipinski definition) is 3. The summed E-state index contributed by atoms with van der Waals surface area (Å²) in [7, 11) is 0. The number of ether oxygens (including phenoxy) is 3. The van der Waals surface area contributed by atoms with E-state index in [1.54, 1.807) is 0 Å². The summed E-state index contributed by atoms with van der Waals surface area (Å²) in [5.74, 6) is 5.91. The molecule has 6 rings (SSSR count). The van der Waals surface area contributed by atoms with Gasteiger partial charge in [-0.25, -0.2) is 0 Å². The highest BCUT2D eigenvalue weighted by molar-refractivity contribution is 6.34. The van der Waals surface area contributed by atoms with Gasteiger partial charge in [0.2, 0.25) is 0 Å². The van der Waals surface area contributed by atoms with Gasteiger partial charge in [-0.15, -0.1) is 0 Å². The molecule has 0 spiro atoms. The number of hydrogen-bond donors (Lipinski definition) is 0. The molecule has 0 radical (unpaired) electrons. The SMILES string of the molecule is CCCCOc1ccc(Oc2ccc(OCCCC)c(Cc3ccc([C@H]4CC[C@H](CCC)CC4)cc3)c2Cl)c(Cl)c1Cc1ccc([C@H]2CC[C@H](CCC)CC2)cc1. The average Bonchev–Trinajstić information content (AvgIpc) is 3.23. The molecule has 0 aliphatic heterocycles. The lowest BCUT2D eigenvalue weighted by Crippen LogP contribution is -2.13. The predicted octanol–water partition coefficient (Wildman–Crippen LogP) is 16.5. The molecular formula is C52H68Cl2O3. The topological polar surface area (TPSA) is 27.7 Å². The van der Waals surface area contributed by atoms with Crippen LogP contribution in [0.5, 0.6) is 23.0 Å². The van der Waals surface area contributed by atoms with Crippen LogP contribution in [-0.2, 0) is 12.8 Å². The Morgan fingerprint density at radius 3 is 1.18 bits per heavy atom. The Labute approximate surface area is 355 Å². The van der Waals surface area contributed by atoms with Crippen molar-refractivity contribution in [1.82, 2.24) is 0 Å². The molecule has 0 heterocycles. The molecule has 3 nitrogen and oxygen atoms in total. The van der Waals surface area contributed by atoms with Crippen LogP contribution in [-0.4, -0.2) is 13.2 Å². The van der Waals surface area contributed by atoms with Gasteiger partial charge in [0.15, 0.2) is 0 Å². The minimum atomic E-state index is 0.558. The molecule has 0 aromatic heterocycles. The zero-order chi connectivity index (χ0) is 40.0. The standard InChI is InChI=1S/C52H68Cl2O3/c1-5-9-33-55-47-29-31-49(51(53)45(47)35-39-17-25-43(26-18-39)41-21-13-37(11-7-3)14-22-41)57-50-32-30-48(56-34-10-6-2)46(52(50)54)36-40-19-27-44(28-20-40)42-23-15-38(12-8-4)16-24-42/h17-20,25-32,37-38,41-42H,5-16,21-24,33-36H2,1-4H3/t37-,38-,41-,42-. The molecular weight excluding hydrogens is 743 g/mol. The zero-order valence-corrected chi connectivity index (χ0v) is 36.9. The summed E-state index contributed by atoms with van der Waals surface area (Å²) in [6, 6.07) is 26.3. The van der Waals surface area contributed by atoms with Gasteiger partial charge in [-0.05, 0) is 134 Å². The third-order valence-corrected chi connectivity index (χ3v) is 13.6. The normalized spacial score (nSPS) is 19.7. The first-order valence-corrected chi connectivity index (χ1v) is 23.4. The molecule has 0 unspecified atom stereocenters. The smallest absolute Gasteiger partial charge is 0.146 e. The Morgan fingerprint density at radius 2 is 0.825 bits per heavy atom. The maximum atomic E-state index is 7.29. The van der Waals surface area contributed by atoms with E-state index in [-0.39, 0.29) is 0 Å². The number of benzene rings is 4. The molecule has 4 aromatic rings. The number of unbranched alkanes of at least 4 members (excludes halogenated alkanes) is 2. The van der Waals surface area contributed by atoms with Crippen molar-refractivity contribution in [3.05, 3.63) is 116 Å². The van der Waals surface area contributed by atoms with Gasteiger partial charge in [0.05, 0.1) is 23.3 Å². The number of halogens is 2. The molecule has 0 N–H and O–H groups in total. The molecule has 57 heavy (non-hydrogen) atoms. The Kier molecular flexibility index (Phi) is 17.0. The predicted molar refractivity (Wildman–Crippen MR) is 241 cm³/mol. The maximum absolute atomic E-state index is 7.29. The second-order valence-electron chi connectivity index (χ2n) is 17.1. The lowest BCUT2D eigenvalue weighted by Gasteiger charge is -2.28. The molecule has 0 amide bonds. The van der Waals surface area contributed by atoms with Crippen molar-refractivity contribution in [3.8, 4) is 23.0 Å². The van der Waals surface area contributed by atoms with E-state index in [1.807, 2.05) is 24.3 Å². The van der Waals surface area contributed by atoms with Gasteiger partial charge in [-0.3, -0.25) is 0 Å². The highest BCUT2D eigenvalue weighted by Gasteiger charge is 2.24. The molecule has 2 saturated carbocycles. The Balaban J connectivity index is 1.21. The summed E-state index contributed by atoms with van der Waals surface area (Å²) in [6.45, 7) is 10.3. The quantitative estimate of drug-likeness (QED) is 0.0832. The minimum Gasteiger partial charge on any atom is -0.493 e. The van der Waals surface area contributed by atoms with Crippen LogP contribution in [0.2, 0.25) is 10.0 Å². The van der Waals surface area contributed by atoms with Crippen LogP contribution in [0.15, 0.2) is 72.8 Å². The first-order valence-electron chi connectivity index (χ1n) is 22.6. The molecule has 308 valence electrons. The van der Waals surface area contributed by atoms with Gasteiger partial charge in [-0.1, -0.05) is 138 Å². The lowest BCUT2D eigenvalue weighted by atomic mass is 9.77. The zero-order valence-electron chi connectivity index (χ0n) is 35.4. The van der Waals surface area contributed by atoms with Gasteiger partial charge < -0.3 is 14.2 Å². The summed E-state index contributed by atoms with van der Waals surface area (Å²) in [6.07, 6.45) is 21.4. The van der Waals surface area contributed by atoms with Gasteiger partial charge >= 0.3 is 0 Å². The second-order valence-corrected chi connectivity index (χ2v) is 17.8. The van der Waals surface area contributed by atoms with E-state index in [0.29, 0.717) is 59.4 Å². The lowest BCUT2D eigenvalue weighted by molar-refractivity contribution is 0.306. The molecule has 4 aromatic carbocycles. The molecule has 2 aliphatic rings. The van der Waals surface area contributed by atoms with Crippen LogP contribution in [0.4, 0.5) is 0 Å². The van der Waals surface area contributed by atoms with E-state index in [9.17, 15) is 0 Å². The summed E-state index contributed by atoms with van der Waals surface area (Å²) in [5, 5.41) is 1.12. The molecule has 2 aliphatic carbocycles. The van der Waals surface area contributed by atoms with Gasteiger partial charge in [0, 0.05) is 24.0 Å². The van der Waals surface area contributed by atoms with Crippen molar-refractivity contribution in [3.63, 3.8) is 0 Å². The van der Waals surface area contributed by atoms with Crippen LogP contribution in [0, 0.1) is 11.8 Å². The van der Waals surface area contributed by atoms with E-state index < -0.39 is 0 Å². The first kappa shape index (κ1) is 43.4. The fourth-order valence-corrected chi connectivity index (χ4v) is 9.82. The second kappa shape index (κ2) is 22.3. The van der Waals surface area contributed by atoms with E-state index in [2.05, 4.69) is 76.2 Å². The van der Waals surface area contributed by atoms with Crippen LogP contribution in [0.25, 0.3) is 0 Å². The maximum Gasteiger partial charge on any atom is 0.146 e. The molecule has 5 heteroatoms. The minimum absolute atomic E-state index is 0.558. The van der Waals surface area contributed by atoms with Crippen molar-refractivity contribution in [2.75, 3.05) is 13.2 Å². The van der Waals surface area contributed by atoms with Crippen LogP contribution in [0.1, 0.15) is 176 Å². The van der Waals surface area contributed by atoms with Crippen LogP contribution < -0.4 is 14.2 Å². The monoisotopic (exact) mass is 810 g/mol. The van der Waals surface area contributed by atoms with E-state index >= 15 is 0 Å². The van der Waals surface area contributed by atoms with Crippen molar-refractivity contribution >= 4 is 23.2 Å². The van der Waals surface area contributed by atoms with Crippen molar-refractivity contribution < 1.29 is 14.2 Å². The Morgan fingerprint density at radius 1 is 0.456 bits per heavy atom. The fraction of sp³-hybridized carbons (Fsp3) is 0.538. The van der Waals surface area contributed by atoms with E-state index in [1.165, 1.54) is 99.3 Å². The third-order valence-electron chi connectivity index (χ3n) is 12.8. The van der Waals surface area contributed by atoms with Crippen molar-refractivity contribution in [2.45, 2.75) is 155 Å². The third kappa shape index (κ3) is 12.0. The summed E-state index contributed by atoms with van der Waals surface area (Å²) in [5.41, 5.74) is 7.22. The van der Waals surface area contributed by atoms with E-state index in [4.69, 9.17) is 37.4 Å².